The molecule has 0 saturated carbocycles. The first-order chi connectivity index (χ1) is 8.43. The van der Waals surface area contributed by atoms with Crippen molar-refractivity contribution in [3.8, 4) is 5.75 Å². The van der Waals surface area contributed by atoms with Gasteiger partial charge in [0.25, 0.3) is 0 Å². The maximum Gasteiger partial charge on any atom is 0.224 e. The summed E-state index contributed by atoms with van der Waals surface area (Å²) < 4.78 is 5.32. The number of nitrogens with one attached hydrogen (secondary N) is 1. The van der Waals surface area contributed by atoms with E-state index in [0.29, 0.717) is 12.8 Å². The topological polar surface area (TPSA) is 64.3 Å². The molecule has 0 aromatic heterocycles. The van der Waals surface area contributed by atoms with E-state index in [9.17, 15) is 4.79 Å². The molecule has 0 aliphatic rings. The Labute approximate surface area is 109 Å². The molecule has 0 bridgehead atoms. The molecule has 0 saturated heterocycles. The molecule has 0 fully saturated rings. The second-order valence-corrected chi connectivity index (χ2v) is 4.73. The maximum atomic E-state index is 11.8. The average Bonchev–Trinajstić information content (AvgIpc) is 2.26. The number of benzene rings is 1. The van der Waals surface area contributed by atoms with Crippen LogP contribution in [0, 0.1) is 13.8 Å². The van der Waals surface area contributed by atoms with E-state index in [1.165, 1.54) is 0 Å². The molecular weight excluding hydrogens is 228 g/mol. The number of methoxy groups -OCH3 is 1. The molecule has 1 rings (SSSR count). The van der Waals surface area contributed by atoms with Crippen LogP contribution in [0.2, 0.25) is 0 Å². The average molecular weight is 250 g/mol. The van der Waals surface area contributed by atoms with Crippen molar-refractivity contribution in [3.05, 3.63) is 23.3 Å². The lowest BCUT2D eigenvalue weighted by Crippen LogP contribution is -2.19. The Hall–Kier alpha value is -1.55. The molecule has 1 amide bonds. The predicted molar refractivity (Wildman–Crippen MR) is 74.0 cm³/mol. The fourth-order valence-electron chi connectivity index (χ4n) is 1.89. The summed E-state index contributed by atoms with van der Waals surface area (Å²) in [5.41, 5.74) is 8.47. The summed E-state index contributed by atoms with van der Waals surface area (Å²) in [6.45, 7) is 5.85. The first kappa shape index (κ1) is 14.5. The maximum absolute atomic E-state index is 11.8. The highest BCUT2D eigenvalue weighted by atomic mass is 16.5. The Morgan fingerprint density at radius 1 is 1.44 bits per heavy atom. The van der Waals surface area contributed by atoms with Crippen molar-refractivity contribution in [2.45, 2.75) is 39.7 Å². The summed E-state index contributed by atoms with van der Waals surface area (Å²) in [4.78, 5) is 11.8. The zero-order valence-corrected chi connectivity index (χ0v) is 11.5. The van der Waals surface area contributed by atoms with Gasteiger partial charge in [0, 0.05) is 12.5 Å². The van der Waals surface area contributed by atoms with Crippen LogP contribution in [-0.2, 0) is 4.79 Å². The molecule has 4 nitrogen and oxygen atoms in total. The highest BCUT2D eigenvalue weighted by Crippen LogP contribution is 2.29. The van der Waals surface area contributed by atoms with E-state index in [1.807, 2.05) is 32.9 Å². The number of amides is 1. The molecule has 4 heteroatoms. The van der Waals surface area contributed by atoms with E-state index < -0.39 is 0 Å². The largest absolute Gasteiger partial charge is 0.494 e. The molecule has 3 N–H and O–H groups in total. The van der Waals surface area contributed by atoms with Gasteiger partial charge in [0.15, 0.2) is 0 Å². The van der Waals surface area contributed by atoms with Crippen LogP contribution in [0.4, 0.5) is 5.69 Å². The van der Waals surface area contributed by atoms with Crippen molar-refractivity contribution in [3.63, 3.8) is 0 Å². The van der Waals surface area contributed by atoms with Crippen LogP contribution < -0.4 is 15.8 Å². The van der Waals surface area contributed by atoms with Crippen molar-refractivity contribution >= 4 is 11.6 Å². The van der Waals surface area contributed by atoms with Crippen LogP contribution in [0.3, 0.4) is 0 Å². The summed E-state index contributed by atoms with van der Waals surface area (Å²) in [6.07, 6.45) is 1.10. The van der Waals surface area contributed by atoms with Crippen LogP contribution in [0.15, 0.2) is 12.1 Å². The van der Waals surface area contributed by atoms with E-state index in [1.54, 1.807) is 7.11 Å². The molecule has 0 aliphatic carbocycles. The Kier molecular flexibility index (Phi) is 5.16. The van der Waals surface area contributed by atoms with Gasteiger partial charge in [-0.15, -0.1) is 0 Å². The minimum Gasteiger partial charge on any atom is -0.494 e. The smallest absolute Gasteiger partial charge is 0.224 e. The Bertz CT molecular complexity index is 428. The molecule has 1 aromatic carbocycles. The number of hydrogen-bond donors (Lipinski definition) is 2. The van der Waals surface area contributed by atoms with E-state index >= 15 is 0 Å². The zero-order valence-electron chi connectivity index (χ0n) is 11.5. The van der Waals surface area contributed by atoms with Crippen molar-refractivity contribution < 1.29 is 9.53 Å². The second-order valence-electron chi connectivity index (χ2n) is 4.73. The van der Waals surface area contributed by atoms with Crippen LogP contribution in [0.5, 0.6) is 5.75 Å². The number of aryl methyl sites for hydroxylation is 2. The molecule has 1 aromatic rings. The normalized spacial score (nSPS) is 12.1. The standard InChI is InChI=1S/C14H22N2O2/c1-9-7-10(2)14(18-4)12(8-9)16-13(17)6-5-11(3)15/h7-8,11H,5-6,15H2,1-4H3,(H,16,17). The lowest BCUT2D eigenvalue weighted by atomic mass is 10.1. The monoisotopic (exact) mass is 250 g/mol. The molecule has 1 unspecified atom stereocenters. The second kappa shape index (κ2) is 6.40. The molecule has 0 aliphatic heterocycles. The molecule has 100 valence electrons. The highest BCUT2D eigenvalue weighted by molar-refractivity contribution is 5.92. The highest BCUT2D eigenvalue weighted by Gasteiger charge is 2.11. The molecule has 18 heavy (non-hydrogen) atoms. The lowest BCUT2D eigenvalue weighted by Gasteiger charge is -2.14. The van der Waals surface area contributed by atoms with E-state index in [4.69, 9.17) is 10.5 Å². The first-order valence-electron chi connectivity index (χ1n) is 6.14. The number of hydrogen-bond acceptors (Lipinski definition) is 3. The van der Waals surface area contributed by atoms with Crippen molar-refractivity contribution in [1.29, 1.82) is 0 Å². The van der Waals surface area contributed by atoms with Crippen molar-refractivity contribution in [2.24, 2.45) is 5.73 Å². The summed E-state index contributed by atoms with van der Waals surface area (Å²) in [6, 6.07) is 3.98. The SMILES string of the molecule is COc1c(C)cc(C)cc1NC(=O)CCC(C)N. The van der Waals surface area contributed by atoms with Crippen molar-refractivity contribution in [2.75, 3.05) is 12.4 Å². The minimum atomic E-state index is -0.0319. The fourth-order valence-corrected chi connectivity index (χ4v) is 1.89. The van der Waals surface area contributed by atoms with Crippen LogP contribution in [0.1, 0.15) is 30.9 Å². The lowest BCUT2D eigenvalue weighted by molar-refractivity contribution is -0.116. The Morgan fingerprint density at radius 2 is 2.11 bits per heavy atom. The number of rotatable bonds is 5. The third-order valence-corrected chi connectivity index (χ3v) is 2.72. The number of anilines is 1. The number of carbonyl (C=O) groups is 1. The molecular formula is C14H22N2O2. The Morgan fingerprint density at radius 3 is 2.67 bits per heavy atom. The van der Waals surface area contributed by atoms with E-state index in [-0.39, 0.29) is 11.9 Å². The predicted octanol–water partition coefficient (Wildman–Crippen LogP) is 2.38. The zero-order chi connectivity index (χ0) is 13.7. The molecule has 0 radical (unpaired) electrons. The molecule has 1 atom stereocenters. The number of ether oxygens (including phenoxy) is 1. The fraction of sp³-hybridized carbons (Fsp3) is 0.500. The quantitative estimate of drug-likeness (QED) is 0.843. The van der Waals surface area contributed by atoms with E-state index in [0.717, 1.165) is 22.6 Å². The third-order valence-electron chi connectivity index (χ3n) is 2.72. The molecule has 0 heterocycles. The third kappa shape index (κ3) is 4.04. The molecule has 0 spiro atoms. The summed E-state index contributed by atoms with van der Waals surface area (Å²) >= 11 is 0. The van der Waals surface area contributed by atoms with E-state index in [2.05, 4.69) is 5.32 Å². The van der Waals surface area contributed by atoms with Crippen LogP contribution in [-0.4, -0.2) is 19.1 Å². The number of carbonyl (C=O) groups excluding carboxylic acids is 1. The Balaban J connectivity index is 2.80. The van der Waals surface area contributed by atoms with Gasteiger partial charge in [-0.3, -0.25) is 4.79 Å². The van der Waals surface area contributed by atoms with Crippen molar-refractivity contribution in [1.82, 2.24) is 0 Å². The van der Waals surface area contributed by atoms with Gasteiger partial charge < -0.3 is 15.8 Å². The van der Waals surface area contributed by atoms with Gasteiger partial charge in [0.2, 0.25) is 5.91 Å². The van der Waals surface area contributed by atoms with Gasteiger partial charge in [-0.05, 0) is 44.4 Å². The minimum absolute atomic E-state index is 0.0319. The van der Waals surface area contributed by atoms with Gasteiger partial charge in [0.1, 0.15) is 5.75 Å². The van der Waals surface area contributed by atoms with Gasteiger partial charge in [0.05, 0.1) is 12.8 Å². The van der Waals surface area contributed by atoms with Gasteiger partial charge >= 0.3 is 0 Å². The van der Waals surface area contributed by atoms with Gasteiger partial charge in [-0.2, -0.15) is 0 Å². The van der Waals surface area contributed by atoms with Gasteiger partial charge in [-0.25, -0.2) is 0 Å². The number of nitrogens with two attached hydrogens (primary N) is 1. The van der Waals surface area contributed by atoms with Crippen LogP contribution in [0.25, 0.3) is 0 Å². The van der Waals surface area contributed by atoms with Gasteiger partial charge in [-0.1, -0.05) is 6.07 Å². The van der Waals surface area contributed by atoms with Crippen LogP contribution >= 0.6 is 0 Å². The summed E-state index contributed by atoms with van der Waals surface area (Å²) in [5.74, 6) is 0.686. The first-order valence-corrected chi connectivity index (χ1v) is 6.14. The summed E-state index contributed by atoms with van der Waals surface area (Å²) in [5, 5.41) is 2.88. The summed E-state index contributed by atoms with van der Waals surface area (Å²) in [7, 11) is 1.61.